The average molecular weight is 254 g/mol. The number of fused-ring (bicyclic) bond motifs is 1. The number of rotatable bonds is 0. The maximum Gasteiger partial charge on any atom is 0.235 e. The highest BCUT2D eigenvalue weighted by Gasteiger charge is 2.53. The van der Waals surface area contributed by atoms with Gasteiger partial charge < -0.3 is 10.5 Å². The van der Waals surface area contributed by atoms with Crippen molar-refractivity contribution >= 4 is 28.8 Å². The van der Waals surface area contributed by atoms with Gasteiger partial charge in [0.1, 0.15) is 6.10 Å². The van der Waals surface area contributed by atoms with Crippen molar-refractivity contribution in [3.8, 4) is 0 Å². The molecule has 2 N–H and O–H groups in total. The fourth-order valence-corrected chi connectivity index (χ4v) is 1.80. The summed E-state index contributed by atoms with van der Waals surface area (Å²) in [6.45, 7) is 0. The van der Waals surface area contributed by atoms with Crippen molar-refractivity contribution in [3.63, 3.8) is 0 Å². The first-order chi connectivity index (χ1) is 4.70. The van der Waals surface area contributed by atoms with Crippen LogP contribution in [-0.4, -0.2) is 27.4 Å². The van der Waals surface area contributed by atoms with E-state index in [1.165, 1.54) is 0 Å². The summed E-state index contributed by atoms with van der Waals surface area (Å²) < 4.78 is 6.73. The molecule has 0 radical (unpaired) electrons. The number of nitrogens with two attached hydrogens (primary N) is 1. The minimum absolute atomic E-state index is 0.0307. The molecule has 10 heavy (non-hydrogen) atoms. The molecule has 2 heterocycles. The predicted molar refractivity (Wildman–Crippen MR) is 42.1 cm³/mol. The summed E-state index contributed by atoms with van der Waals surface area (Å²) in [6.07, 6.45) is 0.496. The van der Waals surface area contributed by atoms with E-state index < -0.39 is 0 Å². The van der Waals surface area contributed by atoms with E-state index in [4.69, 9.17) is 10.5 Å². The molecule has 0 saturated carbocycles. The standard InChI is InChI=1S/C5H7IN2O2/c6-8-3(9)1-2(7)4-5(8)10-4/h2,4-5H,1,7H2. The molecule has 2 rings (SSSR count). The Morgan fingerprint density at radius 1 is 1.80 bits per heavy atom. The first-order valence-corrected chi connectivity index (χ1v) is 4.05. The van der Waals surface area contributed by atoms with Gasteiger partial charge in [0.15, 0.2) is 6.23 Å². The third-order valence-electron chi connectivity index (χ3n) is 1.79. The summed E-state index contributed by atoms with van der Waals surface area (Å²) in [7, 11) is 0. The Morgan fingerprint density at radius 3 is 3.20 bits per heavy atom. The van der Waals surface area contributed by atoms with Gasteiger partial charge in [0.25, 0.3) is 0 Å². The number of ether oxygens (including phenoxy) is 1. The van der Waals surface area contributed by atoms with Crippen LogP contribution in [0.3, 0.4) is 0 Å². The molecule has 3 atom stereocenters. The maximum absolute atomic E-state index is 11.0. The van der Waals surface area contributed by atoms with Crippen molar-refractivity contribution < 1.29 is 9.53 Å². The summed E-state index contributed by atoms with van der Waals surface area (Å²) in [5.41, 5.74) is 5.60. The Morgan fingerprint density at radius 2 is 2.50 bits per heavy atom. The molecular weight excluding hydrogens is 247 g/mol. The molecule has 56 valence electrons. The third-order valence-corrected chi connectivity index (χ3v) is 2.88. The van der Waals surface area contributed by atoms with Gasteiger partial charge in [-0.25, -0.2) is 0 Å². The second kappa shape index (κ2) is 2.05. The Kier molecular flexibility index (Phi) is 1.40. The molecule has 3 unspecified atom stereocenters. The van der Waals surface area contributed by atoms with Crippen molar-refractivity contribution in [1.29, 1.82) is 0 Å². The first kappa shape index (κ1) is 6.81. The third kappa shape index (κ3) is 0.841. The highest BCUT2D eigenvalue weighted by molar-refractivity contribution is 14.1. The quantitative estimate of drug-likeness (QED) is 0.364. The lowest BCUT2D eigenvalue weighted by atomic mass is 10.1. The number of hydrogen-bond donors (Lipinski definition) is 1. The number of carbonyl (C=O) groups excluding carboxylic acids is 1. The second-order valence-electron chi connectivity index (χ2n) is 2.56. The van der Waals surface area contributed by atoms with Crippen LogP contribution in [0.1, 0.15) is 6.42 Å². The molecular formula is C5H7IN2O2. The molecule has 0 aromatic heterocycles. The van der Waals surface area contributed by atoms with Gasteiger partial charge in [-0.3, -0.25) is 7.91 Å². The van der Waals surface area contributed by atoms with Crippen LogP contribution in [0.4, 0.5) is 0 Å². The van der Waals surface area contributed by atoms with Gasteiger partial charge in [0.2, 0.25) is 5.91 Å². The van der Waals surface area contributed by atoms with Crippen LogP contribution in [0.2, 0.25) is 0 Å². The Bertz CT molecular complexity index is 186. The molecule has 0 spiro atoms. The van der Waals surface area contributed by atoms with Gasteiger partial charge in [0.05, 0.1) is 22.9 Å². The SMILES string of the molecule is NC1CC(=O)N(I)C2OC12. The Hall–Kier alpha value is 0.120. The van der Waals surface area contributed by atoms with Crippen molar-refractivity contribution in [3.05, 3.63) is 0 Å². The normalized spacial score (nSPS) is 45.2. The van der Waals surface area contributed by atoms with Crippen molar-refractivity contribution in [2.24, 2.45) is 5.73 Å². The molecule has 2 fully saturated rings. The molecule has 2 saturated heterocycles. The second-order valence-corrected chi connectivity index (χ2v) is 3.60. The molecule has 4 nitrogen and oxygen atoms in total. The number of epoxide rings is 1. The van der Waals surface area contributed by atoms with Crippen LogP contribution in [-0.2, 0) is 9.53 Å². The zero-order chi connectivity index (χ0) is 7.30. The van der Waals surface area contributed by atoms with Crippen LogP contribution < -0.4 is 5.73 Å². The van der Waals surface area contributed by atoms with Crippen molar-refractivity contribution in [2.75, 3.05) is 0 Å². The molecule has 2 aliphatic heterocycles. The molecule has 0 bridgehead atoms. The zero-order valence-corrected chi connectivity index (χ0v) is 7.32. The number of amides is 1. The lowest BCUT2D eigenvalue weighted by Crippen LogP contribution is -2.42. The molecule has 1 amide bonds. The predicted octanol–water partition coefficient (Wildman–Crippen LogP) is -0.379. The van der Waals surface area contributed by atoms with Gasteiger partial charge in [-0.1, -0.05) is 0 Å². The number of piperidine rings is 1. The topological polar surface area (TPSA) is 58.9 Å². The number of halogens is 1. The van der Waals surface area contributed by atoms with Crippen LogP contribution >= 0.6 is 22.9 Å². The van der Waals surface area contributed by atoms with Gasteiger partial charge in [-0.2, -0.15) is 0 Å². The summed E-state index contributed by atoms with van der Waals surface area (Å²) >= 11 is 1.96. The molecule has 5 heteroatoms. The van der Waals surface area contributed by atoms with Crippen LogP contribution in [0.15, 0.2) is 0 Å². The summed E-state index contributed by atoms with van der Waals surface area (Å²) in [5.74, 6) is 0.0758. The van der Waals surface area contributed by atoms with Gasteiger partial charge in [-0.15, -0.1) is 0 Å². The smallest absolute Gasteiger partial charge is 0.235 e. The van der Waals surface area contributed by atoms with Gasteiger partial charge >= 0.3 is 0 Å². The molecule has 0 aromatic rings. The molecule has 2 aliphatic rings. The fourth-order valence-electron chi connectivity index (χ4n) is 1.16. The van der Waals surface area contributed by atoms with E-state index in [0.717, 1.165) is 0 Å². The van der Waals surface area contributed by atoms with E-state index in [0.29, 0.717) is 6.42 Å². The lowest BCUT2D eigenvalue weighted by molar-refractivity contribution is -0.127. The van der Waals surface area contributed by atoms with E-state index >= 15 is 0 Å². The van der Waals surface area contributed by atoms with E-state index in [2.05, 4.69) is 0 Å². The zero-order valence-electron chi connectivity index (χ0n) is 5.16. The van der Waals surface area contributed by atoms with E-state index in [1.54, 1.807) is 3.11 Å². The van der Waals surface area contributed by atoms with Crippen LogP contribution in [0.25, 0.3) is 0 Å². The summed E-state index contributed by atoms with van der Waals surface area (Å²) in [5, 5.41) is 0. The van der Waals surface area contributed by atoms with Crippen molar-refractivity contribution in [2.45, 2.75) is 24.8 Å². The lowest BCUT2D eigenvalue weighted by Gasteiger charge is -2.19. The monoisotopic (exact) mass is 254 g/mol. The summed E-state index contributed by atoms with van der Waals surface area (Å²) in [6, 6.07) is -0.0801. The minimum atomic E-state index is -0.0801. The first-order valence-electron chi connectivity index (χ1n) is 3.09. The minimum Gasteiger partial charge on any atom is -0.345 e. The highest BCUT2D eigenvalue weighted by Crippen LogP contribution is 2.36. The Balaban J connectivity index is 2.12. The fraction of sp³-hybridized carbons (Fsp3) is 0.800. The largest absolute Gasteiger partial charge is 0.345 e. The average Bonchev–Trinajstić information content (AvgIpc) is 2.61. The van der Waals surface area contributed by atoms with E-state index in [1.807, 2.05) is 22.9 Å². The summed E-state index contributed by atoms with van der Waals surface area (Å²) in [4.78, 5) is 11.0. The van der Waals surface area contributed by atoms with E-state index in [9.17, 15) is 4.79 Å². The number of hydrogen-bond acceptors (Lipinski definition) is 3. The Labute approximate surface area is 72.2 Å². The van der Waals surface area contributed by atoms with Crippen LogP contribution in [0.5, 0.6) is 0 Å². The molecule has 0 aromatic carbocycles. The highest BCUT2D eigenvalue weighted by atomic mass is 127. The number of carbonyl (C=O) groups is 1. The maximum atomic E-state index is 11.0. The van der Waals surface area contributed by atoms with E-state index in [-0.39, 0.29) is 24.3 Å². The van der Waals surface area contributed by atoms with Gasteiger partial charge in [-0.05, 0) is 0 Å². The van der Waals surface area contributed by atoms with Crippen LogP contribution in [0, 0.1) is 0 Å². The molecule has 0 aliphatic carbocycles. The number of nitrogens with zero attached hydrogens (tertiary/aromatic N) is 1. The van der Waals surface area contributed by atoms with Crippen molar-refractivity contribution in [1.82, 2.24) is 3.11 Å². The van der Waals surface area contributed by atoms with Gasteiger partial charge in [0, 0.05) is 12.5 Å².